The van der Waals surface area contributed by atoms with Gasteiger partial charge in [0, 0.05) is 31.5 Å². The summed E-state index contributed by atoms with van der Waals surface area (Å²) in [5.41, 5.74) is -0.707. The third-order valence-corrected chi connectivity index (χ3v) is 4.67. The van der Waals surface area contributed by atoms with Gasteiger partial charge in [-0.3, -0.25) is 0 Å². The van der Waals surface area contributed by atoms with Crippen molar-refractivity contribution in [3.05, 3.63) is 53.9 Å². The van der Waals surface area contributed by atoms with Crippen molar-refractivity contribution in [2.75, 3.05) is 18.0 Å². The molecule has 150 valence electrons. The normalized spacial score (nSPS) is 18.4. The standard InChI is InChI=1S/C19H22F3N5O/c1-13(15-7-2-3-8-16(15)19(20,21)22)25-18(28)26-14-6-4-11-27(12-14)17-23-9-5-10-24-17/h2-3,5,7-10,13-14H,4,6,11-12H2,1H3,(H2,25,26,28). The van der Waals surface area contributed by atoms with Crippen LogP contribution in [-0.2, 0) is 6.18 Å². The van der Waals surface area contributed by atoms with Crippen LogP contribution in [0.5, 0.6) is 0 Å². The van der Waals surface area contributed by atoms with E-state index in [0.717, 1.165) is 25.5 Å². The van der Waals surface area contributed by atoms with Gasteiger partial charge in [-0.05, 0) is 37.5 Å². The molecule has 2 N–H and O–H groups in total. The van der Waals surface area contributed by atoms with Gasteiger partial charge in [-0.15, -0.1) is 0 Å². The average molecular weight is 393 g/mol. The van der Waals surface area contributed by atoms with E-state index in [1.165, 1.54) is 25.1 Å². The third-order valence-electron chi connectivity index (χ3n) is 4.67. The highest BCUT2D eigenvalue weighted by molar-refractivity contribution is 5.75. The number of amides is 2. The molecule has 3 rings (SSSR count). The Bertz CT molecular complexity index is 800. The van der Waals surface area contributed by atoms with Crippen LogP contribution in [0.25, 0.3) is 0 Å². The summed E-state index contributed by atoms with van der Waals surface area (Å²) in [6, 6.07) is 5.58. The van der Waals surface area contributed by atoms with Crippen molar-refractivity contribution in [1.29, 1.82) is 0 Å². The lowest BCUT2D eigenvalue weighted by Crippen LogP contribution is -2.51. The van der Waals surface area contributed by atoms with Crippen molar-refractivity contribution in [1.82, 2.24) is 20.6 Å². The molecule has 2 unspecified atom stereocenters. The van der Waals surface area contributed by atoms with Crippen LogP contribution in [0.4, 0.5) is 23.9 Å². The van der Waals surface area contributed by atoms with Crippen LogP contribution in [0.2, 0.25) is 0 Å². The number of carbonyl (C=O) groups excluding carboxylic acids is 1. The number of urea groups is 1. The van der Waals surface area contributed by atoms with E-state index in [-0.39, 0.29) is 11.6 Å². The minimum Gasteiger partial charge on any atom is -0.339 e. The van der Waals surface area contributed by atoms with Crippen LogP contribution in [0.1, 0.15) is 36.9 Å². The van der Waals surface area contributed by atoms with Gasteiger partial charge in [0.1, 0.15) is 0 Å². The molecular weight excluding hydrogens is 371 g/mol. The Balaban J connectivity index is 1.60. The lowest BCUT2D eigenvalue weighted by atomic mass is 10.0. The van der Waals surface area contributed by atoms with Crippen molar-refractivity contribution < 1.29 is 18.0 Å². The number of nitrogens with zero attached hydrogens (tertiary/aromatic N) is 3. The molecule has 28 heavy (non-hydrogen) atoms. The van der Waals surface area contributed by atoms with E-state index in [1.807, 2.05) is 4.90 Å². The second-order valence-corrected chi connectivity index (χ2v) is 6.76. The molecule has 0 aliphatic carbocycles. The van der Waals surface area contributed by atoms with E-state index in [0.29, 0.717) is 12.5 Å². The SMILES string of the molecule is CC(NC(=O)NC1CCCN(c2ncccn2)C1)c1ccccc1C(F)(F)F. The van der Waals surface area contributed by atoms with Crippen molar-refractivity contribution in [3.63, 3.8) is 0 Å². The number of nitrogens with one attached hydrogen (secondary N) is 2. The van der Waals surface area contributed by atoms with E-state index in [1.54, 1.807) is 18.5 Å². The maximum atomic E-state index is 13.2. The molecule has 0 bridgehead atoms. The highest BCUT2D eigenvalue weighted by Gasteiger charge is 2.34. The molecule has 9 heteroatoms. The van der Waals surface area contributed by atoms with Gasteiger partial charge in [0.25, 0.3) is 0 Å². The van der Waals surface area contributed by atoms with E-state index in [2.05, 4.69) is 20.6 Å². The zero-order valence-corrected chi connectivity index (χ0v) is 15.4. The lowest BCUT2D eigenvalue weighted by molar-refractivity contribution is -0.138. The van der Waals surface area contributed by atoms with Gasteiger partial charge in [0.15, 0.2) is 0 Å². The number of piperidine rings is 1. The summed E-state index contributed by atoms with van der Waals surface area (Å²) >= 11 is 0. The van der Waals surface area contributed by atoms with Gasteiger partial charge >= 0.3 is 12.2 Å². The number of aromatic nitrogens is 2. The topological polar surface area (TPSA) is 70.2 Å². The second-order valence-electron chi connectivity index (χ2n) is 6.76. The van der Waals surface area contributed by atoms with Crippen LogP contribution in [0.3, 0.4) is 0 Å². The first-order chi connectivity index (χ1) is 13.3. The van der Waals surface area contributed by atoms with Gasteiger partial charge in [0.05, 0.1) is 11.6 Å². The number of benzene rings is 1. The predicted molar refractivity (Wildman–Crippen MR) is 98.8 cm³/mol. The van der Waals surface area contributed by atoms with Crippen molar-refractivity contribution in [2.45, 2.75) is 38.0 Å². The maximum absolute atomic E-state index is 13.2. The van der Waals surface area contributed by atoms with E-state index >= 15 is 0 Å². The molecule has 2 heterocycles. The van der Waals surface area contributed by atoms with Crippen LogP contribution in [0.15, 0.2) is 42.7 Å². The van der Waals surface area contributed by atoms with Gasteiger partial charge < -0.3 is 15.5 Å². The predicted octanol–water partition coefficient (Wildman–Crippen LogP) is 3.52. The number of carbonyl (C=O) groups is 1. The van der Waals surface area contributed by atoms with E-state index in [4.69, 9.17) is 0 Å². The Morgan fingerprint density at radius 1 is 1.21 bits per heavy atom. The molecule has 0 spiro atoms. The first kappa shape index (κ1) is 19.9. The molecule has 1 aliphatic heterocycles. The molecule has 2 aromatic rings. The molecule has 2 atom stereocenters. The Kier molecular flexibility index (Phi) is 6.01. The van der Waals surface area contributed by atoms with Crippen molar-refractivity contribution in [2.24, 2.45) is 0 Å². The van der Waals surface area contributed by atoms with Crippen LogP contribution < -0.4 is 15.5 Å². The zero-order valence-electron chi connectivity index (χ0n) is 15.4. The highest BCUT2D eigenvalue weighted by Crippen LogP contribution is 2.34. The number of anilines is 1. The lowest BCUT2D eigenvalue weighted by Gasteiger charge is -2.33. The van der Waals surface area contributed by atoms with Crippen molar-refractivity contribution in [3.8, 4) is 0 Å². The summed E-state index contributed by atoms with van der Waals surface area (Å²) in [7, 11) is 0. The number of rotatable bonds is 4. The summed E-state index contributed by atoms with van der Waals surface area (Å²) in [6.07, 6.45) is 0.486. The Morgan fingerprint density at radius 2 is 1.93 bits per heavy atom. The highest BCUT2D eigenvalue weighted by atomic mass is 19.4. The molecule has 0 saturated carbocycles. The van der Waals surface area contributed by atoms with Crippen molar-refractivity contribution >= 4 is 12.0 Å². The molecule has 1 aromatic carbocycles. The van der Waals surface area contributed by atoms with E-state index < -0.39 is 23.8 Å². The maximum Gasteiger partial charge on any atom is 0.416 e. The Morgan fingerprint density at radius 3 is 2.64 bits per heavy atom. The fraction of sp³-hybridized carbons (Fsp3) is 0.421. The molecule has 0 radical (unpaired) electrons. The van der Waals surface area contributed by atoms with Crippen LogP contribution in [-0.4, -0.2) is 35.1 Å². The van der Waals surface area contributed by atoms with Gasteiger partial charge in [-0.2, -0.15) is 13.2 Å². The third kappa shape index (κ3) is 4.90. The Hall–Kier alpha value is -2.84. The number of halogens is 3. The number of hydrogen-bond donors (Lipinski definition) is 2. The molecule has 1 aliphatic rings. The fourth-order valence-corrected chi connectivity index (χ4v) is 3.37. The quantitative estimate of drug-likeness (QED) is 0.834. The molecule has 2 amide bonds. The largest absolute Gasteiger partial charge is 0.416 e. The zero-order chi connectivity index (χ0) is 20.1. The molecule has 1 saturated heterocycles. The summed E-state index contributed by atoms with van der Waals surface area (Å²) < 4.78 is 39.5. The minimum atomic E-state index is -4.47. The first-order valence-electron chi connectivity index (χ1n) is 9.09. The molecule has 6 nitrogen and oxygen atoms in total. The monoisotopic (exact) mass is 393 g/mol. The summed E-state index contributed by atoms with van der Waals surface area (Å²) in [6.45, 7) is 2.87. The van der Waals surface area contributed by atoms with Gasteiger partial charge in [-0.1, -0.05) is 18.2 Å². The van der Waals surface area contributed by atoms with E-state index in [9.17, 15) is 18.0 Å². The summed E-state index contributed by atoms with van der Waals surface area (Å²) in [5, 5.41) is 5.46. The number of hydrogen-bond acceptors (Lipinski definition) is 4. The molecule has 1 fully saturated rings. The second kappa shape index (κ2) is 8.45. The fourth-order valence-electron chi connectivity index (χ4n) is 3.37. The van der Waals surface area contributed by atoms with Crippen LogP contribution in [0, 0.1) is 0 Å². The van der Waals surface area contributed by atoms with Crippen LogP contribution >= 0.6 is 0 Å². The molecular formula is C19H22F3N5O. The summed E-state index contributed by atoms with van der Waals surface area (Å²) in [4.78, 5) is 22.8. The summed E-state index contributed by atoms with van der Waals surface area (Å²) in [5.74, 6) is 0.599. The van der Waals surface area contributed by atoms with Gasteiger partial charge in [0.2, 0.25) is 5.95 Å². The average Bonchev–Trinajstić information content (AvgIpc) is 2.68. The van der Waals surface area contributed by atoms with Gasteiger partial charge in [-0.25, -0.2) is 14.8 Å². The smallest absolute Gasteiger partial charge is 0.339 e. The minimum absolute atomic E-state index is 0.0353. The first-order valence-corrected chi connectivity index (χ1v) is 9.09. The molecule has 1 aromatic heterocycles. The Labute approximate surface area is 161 Å². The number of alkyl halides is 3.